The van der Waals surface area contributed by atoms with Gasteiger partial charge in [-0.2, -0.15) is 13.1 Å². The van der Waals surface area contributed by atoms with Crippen molar-refractivity contribution < 1.29 is 17.9 Å². The van der Waals surface area contributed by atoms with Gasteiger partial charge in [-0.3, -0.25) is 0 Å². The molecule has 0 saturated heterocycles. The Morgan fingerprint density at radius 3 is 2.67 bits per heavy atom. The topological polar surface area (TPSA) is 84.5 Å². The average Bonchev–Trinajstić information content (AvgIpc) is 2.59. The first-order valence-electron chi connectivity index (χ1n) is 5.01. The Balaban J connectivity index is 2.47. The zero-order valence-electron chi connectivity index (χ0n) is 9.77. The van der Waals surface area contributed by atoms with Crippen LogP contribution in [-0.2, 0) is 21.5 Å². The molecule has 0 aliphatic heterocycles. The van der Waals surface area contributed by atoms with E-state index in [9.17, 15) is 13.2 Å². The Labute approximate surface area is 118 Å². The van der Waals surface area contributed by atoms with Crippen LogP contribution in [0.4, 0.5) is 4.79 Å². The highest BCUT2D eigenvalue weighted by molar-refractivity contribution is 9.11. The van der Waals surface area contributed by atoms with E-state index in [-0.39, 0.29) is 12.6 Å². The molecule has 18 heavy (non-hydrogen) atoms. The number of thiophene rings is 1. The van der Waals surface area contributed by atoms with Gasteiger partial charge in [0.2, 0.25) is 0 Å². The van der Waals surface area contributed by atoms with Gasteiger partial charge in [-0.1, -0.05) is 0 Å². The second-order valence-electron chi connectivity index (χ2n) is 3.59. The third-order valence-electron chi connectivity index (χ3n) is 1.63. The van der Waals surface area contributed by atoms with Crippen molar-refractivity contribution in [2.45, 2.75) is 26.5 Å². The van der Waals surface area contributed by atoms with Crippen molar-refractivity contribution in [3.63, 3.8) is 0 Å². The summed E-state index contributed by atoms with van der Waals surface area (Å²) in [4.78, 5) is 12.0. The van der Waals surface area contributed by atoms with E-state index >= 15 is 0 Å². The average molecular weight is 357 g/mol. The molecule has 0 aromatic carbocycles. The van der Waals surface area contributed by atoms with Gasteiger partial charge in [0, 0.05) is 11.4 Å². The summed E-state index contributed by atoms with van der Waals surface area (Å²) in [5, 5.41) is 0. The molecule has 0 aliphatic carbocycles. The second-order valence-corrected chi connectivity index (χ2v) is 7.63. The number of nitrogens with one attached hydrogen (secondary N) is 2. The van der Waals surface area contributed by atoms with Crippen LogP contribution in [0.25, 0.3) is 0 Å². The van der Waals surface area contributed by atoms with E-state index in [1.54, 1.807) is 24.6 Å². The van der Waals surface area contributed by atoms with Crippen molar-refractivity contribution >= 4 is 43.6 Å². The molecule has 9 heteroatoms. The molecule has 2 N–H and O–H groups in total. The van der Waals surface area contributed by atoms with Crippen LogP contribution in [0.5, 0.6) is 0 Å². The SMILES string of the molecule is CC(C)OC(=O)NS(=O)(=O)NCc1ccc(Br)s1. The number of hydrogen-bond acceptors (Lipinski definition) is 5. The summed E-state index contributed by atoms with van der Waals surface area (Å²) >= 11 is 4.68. The lowest BCUT2D eigenvalue weighted by Crippen LogP contribution is -2.40. The Morgan fingerprint density at radius 2 is 2.17 bits per heavy atom. The molecule has 102 valence electrons. The summed E-state index contributed by atoms with van der Waals surface area (Å²) in [7, 11) is -3.90. The highest BCUT2D eigenvalue weighted by Crippen LogP contribution is 2.21. The molecule has 0 aliphatic rings. The third kappa shape index (κ3) is 5.80. The normalized spacial score (nSPS) is 11.6. The number of halogens is 1. The smallest absolute Gasteiger partial charge is 0.422 e. The Morgan fingerprint density at radius 1 is 1.50 bits per heavy atom. The maximum atomic E-state index is 11.5. The predicted octanol–water partition coefficient (Wildman–Crippen LogP) is 1.98. The molecule has 1 aromatic rings. The first-order valence-corrected chi connectivity index (χ1v) is 8.10. The van der Waals surface area contributed by atoms with Crippen molar-refractivity contribution in [3.05, 3.63) is 20.8 Å². The number of carbonyl (C=O) groups is 1. The Kier molecular flexibility index (Phi) is 5.57. The van der Waals surface area contributed by atoms with Gasteiger partial charge in [0.05, 0.1) is 9.89 Å². The fraction of sp³-hybridized carbons (Fsp3) is 0.444. The van der Waals surface area contributed by atoms with E-state index in [2.05, 4.69) is 25.4 Å². The molecule has 1 heterocycles. The van der Waals surface area contributed by atoms with Gasteiger partial charge >= 0.3 is 16.3 Å². The molecule has 1 rings (SSSR count). The summed E-state index contributed by atoms with van der Waals surface area (Å²) in [5.41, 5.74) is 0. The van der Waals surface area contributed by atoms with E-state index in [1.165, 1.54) is 11.3 Å². The highest BCUT2D eigenvalue weighted by atomic mass is 79.9. The molecule has 0 atom stereocenters. The predicted molar refractivity (Wildman–Crippen MR) is 72.5 cm³/mol. The van der Waals surface area contributed by atoms with E-state index in [0.717, 1.165) is 8.66 Å². The number of ether oxygens (including phenoxy) is 1. The molecule has 0 spiro atoms. The van der Waals surface area contributed by atoms with Crippen LogP contribution in [0.3, 0.4) is 0 Å². The van der Waals surface area contributed by atoms with Crippen LogP contribution in [0.2, 0.25) is 0 Å². The van der Waals surface area contributed by atoms with Crippen LogP contribution >= 0.6 is 27.3 Å². The molecule has 0 bridgehead atoms. The molecular formula is C9H13BrN2O4S2. The lowest BCUT2D eigenvalue weighted by atomic mass is 10.5. The van der Waals surface area contributed by atoms with Crippen LogP contribution in [-0.4, -0.2) is 20.6 Å². The van der Waals surface area contributed by atoms with E-state index < -0.39 is 16.3 Å². The van der Waals surface area contributed by atoms with Gasteiger partial charge < -0.3 is 4.74 Å². The van der Waals surface area contributed by atoms with Gasteiger partial charge in [0.15, 0.2) is 0 Å². The van der Waals surface area contributed by atoms with Crippen molar-refractivity contribution in [1.29, 1.82) is 0 Å². The molecule has 1 aromatic heterocycles. The van der Waals surface area contributed by atoms with Gasteiger partial charge in [0.1, 0.15) is 0 Å². The Hall–Kier alpha value is -0.640. The molecular weight excluding hydrogens is 344 g/mol. The third-order valence-corrected chi connectivity index (χ3v) is 4.21. The largest absolute Gasteiger partial charge is 0.446 e. The maximum Gasteiger partial charge on any atom is 0.422 e. The summed E-state index contributed by atoms with van der Waals surface area (Å²) < 4.78 is 32.5. The zero-order chi connectivity index (χ0) is 13.8. The lowest BCUT2D eigenvalue weighted by Gasteiger charge is -2.10. The standard InChI is InChI=1S/C9H13BrN2O4S2/c1-6(2)16-9(13)12-18(14,15)11-5-7-3-4-8(10)17-7/h3-4,6,11H,5H2,1-2H3,(H,12,13). The summed E-state index contributed by atoms with van der Waals surface area (Å²) in [6.45, 7) is 3.37. The van der Waals surface area contributed by atoms with Crippen molar-refractivity contribution in [2.75, 3.05) is 0 Å². The van der Waals surface area contributed by atoms with Crippen LogP contribution in [0.15, 0.2) is 15.9 Å². The van der Waals surface area contributed by atoms with Crippen molar-refractivity contribution in [3.8, 4) is 0 Å². The van der Waals surface area contributed by atoms with Crippen LogP contribution in [0.1, 0.15) is 18.7 Å². The summed E-state index contributed by atoms with van der Waals surface area (Å²) in [6.07, 6.45) is -1.38. The lowest BCUT2D eigenvalue weighted by molar-refractivity contribution is 0.121. The van der Waals surface area contributed by atoms with Crippen molar-refractivity contribution in [1.82, 2.24) is 9.44 Å². The quantitative estimate of drug-likeness (QED) is 0.844. The summed E-state index contributed by atoms with van der Waals surface area (Å²) in [5.74, 6) is 0. The first kappa shape index (κ1) is 15.4. The number of amides is 1. The summed E-state index contributed by atoms with van der Waals surface area (Å²) in [6, 6.07) is 3.60. The fourth-order valence-electron chi connectivity index (χ4n) is 0.997. The van der Waals surface area contributed by atoms with Crippen LogP contribution in [0, 0.1) is 0 Å². The van der Waals surface area contributed by atoms with Gasteiger partial charge in [0.25, 0.3) is 0 Å². The minimum atomic E-state index is -3.90. The van der Waals surface area contributed by atoms with Crippen molar-refractivity contribution in [2.24, 2.45) is 0 Å². The first-order chi connectivity index (χ1) is 8.28. The molecule has 0 radical (unpaired) electrons. The number of hydrogen-bond donors (Lipinski definition) is 2. The highest BCUT2D eigenvalue weighted by Gasteiger charge is 2.16. The minimum absolute atomic E-state index is 0.112. The monoisotopic (exact) mass is 356 g/mol. The molecule has 1 amide bonds. The van der Waals surface area contributed by atoms with E-state index in [0.29, 0.717) is 0 Å². The molecule has 6 nitrogen and oxygen atoms in total. The van der Waals surface area contributed by atoms with E-state index in [4.69, 9.17) is 0 Å². The second kappa shape index (κ2) is 6.50. The fourth-order valence-corrected chi connectivity index (χ4v) is 3.20. The zero-order valence-corrected chi connectivity index (χ0v) is 13.0. The minimum Gasteiger partial charge on any atom is -0.446 e. The van der Waals surface area contributed by atoms with Crippen LogP contribution < -0.4 is 9.44 Å². The van der Waals surface area contributed by atoms with Gasteiger partial charge in [-0.25, -0.2) is 9.52 Å². The number of rotatable bonds is 5. The van der Waals surface area contributed by atoms with Gasteiger partial charge in [-0.05, 0) is 41.9 Å². The Bertz CT molecular complexity index is 512. The van der Waals surface area contributed by atoms with E-state index in [1.807, 2.05) is 6.07 Å². The maximum absolute atomic E-state index is 11.5. The molecule has 0 saturated carbocycles. The number of carbonyl (C=O) groups excluding carboxylic acids is 1. The molecule has 0 unspecified atom stereocenters. The van der Waals surface area contributed by atoms with Gasteiger partial charge in [-0.15, -0.1) is 11.3 Å². The molecule has 0 fully saturated rings.